The summed E-state index contributed by atoms with van der Waals surface area (Å²) in [4.78, 5) is 0. The van der Waals surface area contributed by atoms with Crippen LogP contribution in [0.1, 0.15) is 27.2 Å². The fraction of sp³-hybridized carbons (Fsp3) is 0.333. The van der Waals surface area contributed by atoms with Gasteiger partial charge in [-0.05, 0) is 0 Å². The molecular formula is C27H36OSeSi2. The molecule has 0 aliphatic rings. The van der Waals surface area contributed by atoms with E-state index in [1.165, 1.54) is 14.8 Å². The topological polar surface area (TPSA) is 9.23 Å². The van der Waals surface area contributed by atoms with Crippen LogP contribution in [0.3, 0.4) is 0 Å². The van der Waals surface area contributed by atoms with E-state index < -0.39 is 15.4 Å². The summed E-state index contributed by atoms with van der Waals surface area (Å²) in [6, 6.07) is 33.1. The summed E-state index contributed by atoms with van der Waals surface area (Å²) in [7, 11) is -4.07. The minimum atomic E-state index is -2.36. The van der Waals surface area contributed by atoms with Crippen molar-refractivity contribution in [2.75, 3.05) is 0 Å². The molecule has 3 rings (SSSR count). The summed E-state index contributed by atoms with van der Waals surface area (Å²) in [5.74, 6) is 0. The van der Waals surface area contributed by atoms with Crippen molar-refractivity contribution in [2.45, 2.75) is 57.3 Å². The van der Waals surface area contributed by atoms with Crippen molar-refractivity contribution in [3.05, 3.63) is 91.0 Å². The third-order valence-corrected chi connectivity index (χ3v) is 21.9. The zero-order valence-corrected chi connectivity index (χ0v) is 23.5. The van der Waals surface area contributed by atoms with Crippen LogP contribution in [0, 0.1) is 0 Å². The molecule has 3 aromatic rings. The summed E-state index contributed by atoms with van der Waals surface area (Å²) in [5.41, 5.74) is 0. The summed E-state index contributed by atoms with van der Waals surface area (Å²) in [6.07, 6.45) is 1.28. The quantitative estimate of drug-likeness (QED) is 0.360. The van der Waals surface area contributed by atoms with Gasteiger partial charge in [0.25, 0.3) is 0 Å². The Hall–Kier alpha value is -1.43. The molecular weight excluding hydrogens is 475 g/mol. The molecule has 1 nitrogen and oxygen atoms in total. The first-order valence-corrected chi connectivity index (χ1v) is 19.3. The first kappa shape index (κ1) is 24.2. The second-order valence-electron chi connectivity index (χ2n) is 9.97. The molecule has 0 bridgehead atoms. The van der Waals surface area contributed by atoms with Crippen molar-refractivity contribution >= 4 is 45.2 Å². The van der Waals surface area contributed by atoms with E-state index in [1.807, 2.05) is 0 Å². The van der Waals surface area contributed by atoms with Gasteiger partial charge in [0.1, 0.15) is 0 Å². The molecule has 0 fully saturated rings. The predicted octanol–water partition coefficient (Wildman–Crippen LogP) is 5.19. The summed E-state index contributed by atoms with van der Waals surface area (Å²) >= 11 is 0.411. The van der Waals surface area contributed by atoms with Crippen LogP contribution in [-0.2, 0) is 4.43 Å². The van der Waals surface area contributed by atoms with Crippen LogP contribution < -0.4 is 14.8 Å². The monoisotopic (exact) mass is 512 g/mol. The number of hydrogen-bond acceptors (Lipinski definition) is 1. The van der Waals surface area contributed by atoms with Crippen molar-refractivity contribution in [2.24, 2.45) is 0 Å². The molecule has 1 atom stereocenters. The number of benzene rings is 3. The Morgan fingerprint density at radius 1 is 0.742 bits per heavy atom. The molecule has 4 heteroatoms. The van der Waals surface area contributed by atoms with E-state index in [4.69, 9.17) is 4.43 Å². The van der Waals surface area contributed by atoms with Gasteiger partial charge in [-0.25, -0.2) is 0 Å². The molecule has 0 radical (unpaired) electrons. The maximum atomic E-state index is 7.36. The van der Waals surface area contributed by atoms with Crippen LogP contribution in [0.4, 0.5) is 0 Å². The van der Waals surface area contributed by atoms with Crippen molar-refractivity contribution in [3.63, 3.8) is 0 Å². The van der Waals surface area contributed by atoms with Crippen molar-refractivity contribution in [3.8, 4) is 0 Å². The molecule has 3 aromatic carbocycles. The van der Waals surface area contributed by atoms with Gasteiger partial charge in [0.05, 0.1) is 0 Å². The van der Waals surface area contributed by atoms with Gasteiger partial charge >= 0.3 is 198 Å². The Morgan fingerprint density at radius 3 is 1.58 bits per heavy atom. The Morgan fingerprint density at radius 2 is 1.16 bits per heavy atom. The summed E-state index contributed by atoms with van der Waals surface area (Å²) < 4.78 is 9.06. The fourth-order valence-electron chi connectivity index (χ4n) is 4.58. The summed E-state index contributed by atoms with van der Waals surface area (Å²) in [6.45, 7) is 14.6. The predicted molar refractivity (Wildman–Crippen MR) is 142 cm³/mol. The average molecular weight is 512 g/mol. The Bertz CT molecular complexity index is 898. The van der Waals surface area contributed by atoms with Crippen LogP contribution in [0.5, 0.6) is 0 Å². The van der Waals surface area contributed by atoms with Crippen molar-refractivity contribution < 1.29 is 4.43 Å². The van der Waals surface area contributed by atoms with Crippen molar-refractivity contribution in [1.29, 1.82) is 0 Å². The van der Waals surface area contributed by atoms with Crippen LogP contribution in [0.25, 0.3) is 0 Å². The van der Waals surface area contributed by atoms with E-state index in [0.29, 0.717) is 15.0 Å². The van der Waals surface area contributed by atoms with Gasteiger partial charge in [0, 0.05) is 0 Å². The first-order chi connectivity index (χ1) is 14.6. The third kappa shape index (κ3) is 5.88. The maximum absolute atomic E-state index is 7.36. The Kier molecular flexibility index (Phi) is 7.82. The first-order valence-electron chi connectivity index (χ1n) is 11.2. The molecule has 0 aliphatic carbocycles. The van der Waals surface area contributed by atoms with E-state index in [-0.39, 0.29) is 10.4 Å². The normalized spacial score (nSPS) is 13.7. The SMILES string of the molecule is CC(CC(C)(C)[Se]c1ccccc1)O[Si](c1ccccc1)(c1ccccc1)[Si](C)(C)C. The van der Waals surface area contributed by atoms with Gasteiger partial charge < -0.3 is 0 Å². The van der Waals surface area contributed by atoms with Crippen LogP contribution in [0.15, 0.2) is 91.0 Å². The standard InChI is InChI=1S/C27H36OSeSi2/c1-23(22-27(2,3)29-24-16-10-7-11-17-24)28-31(30(4,5)6,25-18-12-8-13-19-25)26-20-14-9-15-21-26/h7-21,23H,22H2,1-6H3. The van der Waals surface area contributed by atoms with Crippen molar-refractivity contribution in [1.82, 2.24) is 0 Å². The van der Waals surface area contributed by atoms with E-state index in [2.05, 4.69) is 131 Å². The molecule has 1 unspecified atom stereocenters. The Labute approximate surface area is 197 Å². The van der Waals surface area contributed by atoms with Gasteiger partial charge in [-0.15, -0.1) is 0 Å². The molecule has 164 valence electrons. The molecule has 0 saturated carbocycles. The third-order valence-electron chi connectivity index (χ3n) is 5.71. The molecule has 31 heavy (non-hydrogen) atoms. The minimum absolute atomic E-state index is 0.208. The zero-order chi connectivity index (χ0) is 22.5. The number of rotatable bonds is 9. The van der Waals surface area contributed by atoms with E-state index >= 15 is 0 Å². The van der Waals surface area contributed by atoms with Gasteiger partial charge in [0.15, 0.2) is 0 Å². The van der Waals surface area contributed by atoms with Gasteiger partial charge in [-0.2, -0.15) is 0 Å². The Balaban J connectivity index is 1.95. The fourth-order valence-corrected chi connectivity index (χ4v) is 19.8. The molecule has 0 N–H and O–H groups in total. The average Bonchev–Trinajstić information content (AvgIpc) is 2.72. The second kappa shape index (κ2) is 10.0. The molecule has 0 amide bonds. The van der Waals surface area contributed by atoms with Gasteiger partial charge in [-0.3, -0.25) is 0 Å². The summed E-state index contributed by atoms with van der Waals surface area (Å²) in [5, 5.41) is 2.83. The number of hydrogen-bond donors (Lipinski definition) is 0. The zero-order valence-electron chi connectivity index (χ0n) is 19.8. The van der Waals surface area contributed by atoms with Crippen LogP contribution >= 0.6 is 0 Å². The van der Waals surface area contributed by atoms with E-state index in [9.17, 15) is 0 Å². The second-order valence-corrected chi connectivity index (χ2v) is 27.6. The van der Waals surface area contributed by atoms with Crippen LogP contribution in [0.2, 0.25) is 24.0 Å². The van der Waals surface area contributed by atoms with E-state index in [1.54, 1.807) is 0 Å². The molecule has 0 spiro atoms. The van der Waals surface area contributed by atoms with Gasteiger partial charge in [-0.1, -0.05) is 0 Å². The van der Waals surface area contributed by atoms with Gasteiger partial charge in [0.2, 0.25) is 0 Å². The molecule has 0 aromatic heterocycles. The van der Waals surface area contributed by atoms with E-state index in [0.717, 1.165) is 6.42 Å². The molecule has 0 aliphatic heterocycles. The molecule has 0 saturated heterocycles. The van der Waals surface area contributed by atoms with Crippen LogP contribution in [-0.4, -0.2) is 36.5 Å². The molecule has 0 heterocycles.